The van der Waals surface area contributed by atoms with E-state index in [-0.39, 0.29) is 0 Å². The van der Waals surface area contributed by atoms with Gasteiger partial charge in [-0.05, 0) is 57.5 Å². The molecule has 2 aliphatic rings. The molecule has 0 unspecified atom stereocenters. The number of rotatable bonds is 8. The van der Waals surface area contributed by atoms with Crippen molar-refractivity contribution in [2.45, 2.75) is 37.8 Å². The SMILES string of the molecule is CN(C)C1CCC(Nc2ncnc3ccc(/C(C=NCCN4CCOCC4)=C/N)cc23)CC1. The Kier molecular flexibility index (Phi) is 8.25. The second-order valence-electron chi connectivity index (χ2n) is 9.18. The van der Waals surface area contributed by atoms with Crippen molar-refractivity contribution in [2.24, 2.45) is 10.7 Å². The van der Waals surface area contributed by atoms with Crippen LogP contribution >= 0.6 is 0 Å². The average Bonchev–Trinajstić information content (AvgIpc) is 2.85. The molecular weight excluding hydrogens is 414 g/mol. The number of allylic oxidation sites excluding steroid dienone is 1. The van der Waals surface area contributed by atoms with Gasteiger partial charge in [0.25, 0.3) is 0 Å². The maximum absolute atomic E-state index is 5.97. The van der Waals surface area contributed by atoms with Gasteiger partial charge in [-0.2, -0.15) is 0 Å². The van der Waals surface area contributed by atoms with Crippen molar-refractivity contribution < 1.29 is 4.74 Å². The van der Waals surface area contributed by atoms with Crippen LogP contribution in [-0.2, 0) is 4.74 Å². The van der Waals surface area contributed by atoms with Gasteiger partial charge in [-0.15, -0.1) is 0 Å². The van der Waals surface area contributed by atoms with E-state index in [2.05, 4.69) is 50.2 Å². The smallest absolute Gasteiger partial charge is 0.137 e. The predicted molar refractivity (Wildman–Crippen MR) is 136 cm³/mol. The second kappa shape index (κ2) is 11.5. The van der Waals surface area contributed by atoms with Crippen LogP contribution in [0.15, 0.2) is 35.7 Å². The zero-order chi connectivity index (χ0) is 23.0. The Bertz CT molecular complexity index is 960. The van der Waals surface area contributed by atoms with E-state index < -0.39 is 0 Å². The lowest BCUT2D eigenvalue weighted by atomic mass is 9.90. The molecule has 1 saturated heterocycles. The highest BCUT2D eigenvalue weighted by Gasteiger charge is 2.23. The number of morpholine rings is 1. The average molecular weight is 452 g/mol. The molecule has 4 rings (SSSR count). The van der Waals surface area contributed by atoms with E-state index in [0.717, 1.165) is 80.1 Å². The van der Waals surface area contributed by atoms with Crippen molar-refractivity contribution in [3.63, 3.8) is 0 Å². The minimum Gasteiger partial charge on any atom is -0.404 e. The van der Waals surface area contributed by atoms with Crippen molar-refractivity contribution in [3.05, 3.63) is 36.3 Å². The molecule has 0 atom stereocenters. The number of nitrogens with zero attached hydrogens (tertiary/aromatic N) is 5. The minimum atomic E-state index is 0.439. The van der Waals surface area contributed by atoms with Gasteiger partial charge in [0.05, 0.1) is 25.3 Å². The van der Waals surface area contributed by atoms with Gasteiger partial charge in [0.2, 0.25) is 0 Å². The standard InChI is InChI=1S/C25H37N7O/c1-31(2)22-6-4-21(5-7-22)30-25-23-15-19(3-8-24(23)28-18-29-25)20(16-26)17-27-9-10-32-11-13-33-14-12-32/h3,8,15-18,21-22H,4-7,9-14,26H2,1-2H3,(H,28,29,30)/b20-16+,27-17?. The Labute approximate surface area is 196 Å². The summed E-state index contributed by atoms with van der Waals surface area (Å²) in [6, 6.07) is 7.32. The summed E-state index contributed by atoms with van der Waals surface area (Å²) >= 11 is 0. The molecule has 0 bridgehead atoms. The van der Waals surface area contributed by atoms with Gasteiger partial charge in [0.1, 0.15) is 12.1 Å². The van der Waals surface area contributed by atoms with Gasteiger partial charge in [-0.1, -0.05) is 6.07 Å². The highest BCUT2D eigenvalue weighted by molar-refractivity contribution is 6.11. The van der Waals surface area contributed by atoms with E-state index in [9.17, 15) is 0 Å². The van der Waals surface area contributed by atoms with Crippen molar-refractivity contribution >= 4 is 28.5 Å². The highest BCUT2D eigenvalue weighted by Crippen LogP contribution is 2.28. The van der Waals surface area contributed by atoms with E-state index in [4.69, 9.17) is 10.5 Å². The normalized spacial score (nSPS) is 22.9. The van der Waals surface area contributed by atoms with E-state index in [0.29, 0.717) is 12.1 Å². The van der Waals surface area contributed by atoms with Crippen molar-refractivity contribution in [1.82, 2.24) is 19.8 Å². The summed E-state index contributed by atoms with van der Waals surface area (Å²) in [5, 5.41) is 4.71. The predicted octanol–water partition coefficient (Wildman–Crippen LogP) is 2.62. The fraction of sp³-hybridized carbons (Fsp3) is 0.560. The fourth-order valence-corrected chi connectivity index (χ4v) is 4.68. The number of fused-ring (bicyclic) bond motifs is 1. The first-order chi connectivity index (χ1) is 16.1. The lowest BCUT2D eigenvalue weighted by Crippen LogP contribution is -2.37. The summed E-state index contributed by atoms with van der Waals surface area (Å²) in [7, 11) is 4.35. The molecule has 0 spiro atoms. The number of benzene rings is 1. The van der Waals surface area contributed by atoms with Gasteiger partial charge < -0.3 is 20.7 Å². The van der Waals surface area contributed by atoms with Crippen molar-refractivity contribution in [2.75, 3.05) is 58.8 Å². The van der Waals surface area contributed by atoms with Crippen LogP contribution in [0, 0.1) is 0 Å². The van der Waals surface area contributed by atoms with Crippen molar-refractivity contribution in [1.29, 1.82) is 0 Å². The number of nitrogens with two attached hydrogens (primary N) is 1. The monoisotopic (exact) mass is 451 g/mol. The summed E-state index contributed by atoms with van der Waals surface area (Å²) in [4.78, 5) is 18.4. The second-order valence-corrected chi connectivity index (χ2v) is 9.18. The van der Waals surface area contributed by atoms with Gasteiger partial charge in [-0.3, -0.25) is 9.89 Å². The maximum atomic E-state index is 5.97. The van der Waals surface area contributed by atoms with Gasteiger partial charge in [0, 0.05) is 55.1 Å². The Morgan fingerprint density at radius 2 is 2.00 bits per heavy atom. The van der Waals surface area contributed by atoms with Gasteiger partial charge in [-0.25, -0.2) is 9.97 Å². The number of hydrogen-bond donors (Lipinski definition) is 2. The number of hydrogen-bond acceptors (Lipinski definition) is 8. The highest BCUT2D eigenvalue weighted by atomic mass is 16.5. The molecule has 2 aromatic rings. The Morgan fingerprint density at radius 1 is 1.21 bits per heavy atom. The molecule has 3 N–H and O–H groups in total. The van der Waals surface area contributed by atoms with Crippen LogP contribution in [0.2, 0.25) is 0 Å². The zero-order valence-electron chi connectivity index (χ0n) is 19.9. The van der Waals surface area contributed by atoms with E-state index in [1.807, 2.05) is 18.3 Å². The van der Waals surface area contributed by atoms with Crippen LogP contribution in [0.4, 0.5) is 5.82 Å². The minimum absolute atomic E-state index is 0.439. The Balaban J connectivity index is 1.43. The molecule has 2 heterocycles. The molecule has 178 valence electrons. The molecule has 33 heavy (non-hydrogen) atoms. The molecule has 2 fully saturated rings. The summed E-state index contributed by atoms with van der Waals surface area (Å²) in [6.07, 6.45) is 9.86. The van der Waals surface area contributed by atoms with E-state index in [1.54, 1.807) is 12.5 Å². The van der Waals surface area contributed by atoms with Crippen LogP contribution in [0.1, 0.15) is 31.2 Å². The zero-order valence-corrected chi connectivity index (χ0v) is 19.9. The summed E-state index contributed by atoms with van der Waals surface area (Å²) < 4.78 is 5.40. The summed E-state index contributed by atoms with van der Waals surface area (Å²) in [5.41, 5.74) is 8.82. The van der Waals surface area contributed by atoms with E-state index >= 15 is 0 Å². The Hall–Kier alpha value is -2.55. The summed E-state index contributed by atoms with van der Waals surface area (Å²) in [6.45, 7) is 5.26. The van der Waals surface area contributed by atoms with Gasteiger partial charge in [0.15, 0.2) is 0 Å². The van der Waals surface area contributed by atoms with Crippen LogP contribution in [0.5, 0.6) is 0 Å². The first-order valence-corrected chi connectivity index (χ1v) is 12.0. The molecular formula is C25H37N7O. The third kappa shape index (κ3) is 6.28. The number of aliphatic imine (C=N–C) groups is 1. The lowest BCUT2D eigenvalue weighted by Gasteiger charge is -2.33. The third-order valence-electron chi connectivity index (χ3n) is 6.80. The lowest BCUT2D eigenvalue weighted by molar-refractivity contribution is 0.0395. The number of nitrogens with one attached hydrogen (secondary N) is 1. The van der Waals surface area contributed by atoms with Crippen LogP contribution < -0.4 is 11.1 Å². The van der Waals surface area contributed by atoms with Crippen molar-refractivity contribution in [3.8, 4) is 0 Å². The Morgan fingerprint density at radius 3 is 2.73 bits per heavy atom. The third-order valence-corrected chi connectivity index (χ3v) is 6.80. The quantitative estimate of drug-likeness (QED) is 0.596. The molecule has 8 heteroatoms. The maximum Gasteiger partial charge on any atom is 0.137 e. The topological polar surface area (TPSA) is 91.9 Å². The molecule has 0 radical (unpaired) electrons. The largest absolute Gasteiger partial charge is 0.404 e. The van der Waals surface area contributed by atoms with Gasteiger partial charge >= 0.3 is 0 Å². The molecule has 1 aliphatic carbocycles. The number of aromatic nitrogens is 2. The first kappa shape index (κ1) is 23.6. The number of ether oxygens (including phenoxy) is 1. The summed E-state index contributed by atoms with van der Waals surface area (Å²) in [5.74, 6) is 0.899. The molecule has 8 nitrogen and oxygen atoms in total. The van der Waals surface area contributed by atoms with E-state index in [1.165, 1.54) is 12.8 Å². The molecule has 1 saturated carbocycles. The first-order valence-electron chi connectivity index (χ1n) is 12.0. The molecule has 0 amide bonds. The molecule has 1 aromatic heterocycles. The van der Waals surface area contributed by atoms with Crippen LogP contribution in [0.25, 0.3) is 16.5 Å². The number of anilines is 1. The van der Waals surface area contributed by atoms with Crippen LogP contribution in [-0.4, -0.2) is 91.6 Å². The van der Waals surface area contributed by atoms with Crippen LogP contribution in [0.3, 0.4) is 0 Å². The fourth-order valence-electron chi connectivity index (χ4n) is 4.68. The molecule has 1 aromatic carbocycles. The molecule has 1 aliphatic heterocycles.